The zero-order valence-corrected chi connectivity index (χ0v) is 7.65. The normalized spacial score (nSPS) is 18.3. The predicted octanol–water partition coefficient (Wildman–Crippen LogP) is -0.456. The summed E-state index contributed by atoms with van der Waals surface area (Å²) in [5.74, 6) is -0.00194. The Kier molecular flexibility index (Phi) is 1.97. The molecule has 2 aliphatic rings. The highest BCUT2D eigenvalue weighted by Gasteiger charge is 2.22. The van der Waals surface area contributed by atoms with Crippen LogP contribution in [0.15, 0.2) is 33.9 Å². The Labute approximate surface area is 80.7 Å². The Morgan fingerprint density at radius 2 is 2.07 bits per heavy atom. The maximum atomic E-state index is 10.8. The summed E-state index contributed by atoms with van der Waals surface area (Å²) in [4.78, 5) is 18.0. The van der Waals surface area contributed by atoms with E-state index in [9.17, 15) is 13.2 Å². The highest BCUT2D eigenvalue weighted by atomic mass is 32.2. The molecular weight excluding hydrogens is 204 g/mol. The van der Waals surface area contributed by atoms with E-state index in [1.54, 1.807) is 12.2 Å². The summed E-state index contributed by atoms with van der Waals surface area (Å²) in [6.07, 6.45) is 5.05. The van der Waals surface area contributed by atoms with Crippen LogP contribution >= 0.6 is 0 Å². The smallest absolute Gasteiger partial charge is 0.223 e. The number of nitrogens with zero attached hydrogens (tertiary/aromatic N) is 2. The van der Waals surface area contributed by atoms with E-state index in [0.29, 0.717) is 12.0 Å². The molecule has 0 unspecified atom stereocenters. The molecule has 5 nitrogen and oxygen atoms in total. The summed E-state index contributed by atoms with van der Waals surface area (Å²) >= 11 is 0. The topological polar surface area (TPSA) is 75.9 Å². The summed E-state index contributed by atoms with van der Waals surface area (Å²) in [6.45, 7) is 0. The fraction of sp³-hybridized carbons (Fsp3) is 0. The Morgan fingerprint density at radius 1 is 1.29 bits per heavy atom. The van der Waals surface area contributed by atoms with E-state index in [0.717, 1.165) is 0 Å². The van der Waals surface area contributed by atoms with Crippen LogP contribution in [0.3, 0.4) is 0 Å². The molecule has 0 aromatic rings. The van der Waals surface area contributed by atoms with E-state index >= 15 is 0 Å². The molecule has 0 spiro atoms. The average molecular weight is 208 g/mol. The fourth-order valence-corrected chi connectivity index (χ4v) is 1.66. The van der Waals surface area contributed by atoms with Crippen LogP contribution in [0.1, 0.15) is 0 Å². The molecule has 1 aliphatic carbocycles. The molecule has 14 heavy (non-hydrogen) atoms. The number of carbonyl (C=O) groups excluding carboxylic acids is 1. The van der Waals surface area contributed by atoms with Gasteiger partial charge in [-0.15, -0.1) is 0 Å². The summed E-state index contributed by atoms with van der Waals surface area (Å²) < 4.78 is 21.5. The van der Waals surface area contributed by atoms with Crippen LogP contribution in [-0.4, -0.2) is 31.1 Å². The number of aliphatic imine (C=N–C) groups is 2. The summed E-state index contributed by atoms with van der Waals surface area (Å²) in [5, 5.41) is 0. The van der Waals surface area contributed by atoms with Crippen LogP contribution in [0.5, 0.6) is 0 Å². The van der Waals surface area contributed by atoms with Crippen molar-refractivity contribution in [3.8, 4) is 0 Å². The lowest BCUT2D eigenvalue weighted by Crippen LogP contribution is -2.15. The highest BCUT2D eigenvalue weighted by molar-refractivity contribution is 7.75. The molecule has 6 heteroatoms. The SMILES string of the molecule is O=CC1=NC2=CC=CC(=S(=O)=O)C2=N1. The molecule has 1 heterocycles. The van der Waals surface area contributed by atoms with Gasteiger partial charge in [-0.1, -0.05) is 6.08 Å². The van der Waals surface area contributed by atoms with Crippen LogP contribution in [0, 0.1) is 0 Å². The van der Waals surface area contributed by atoms with Crippen LogP contribution in [0.25, 0.3) is 0 Å². The second-order valence-electron chi connectivity index (χ2n) is 2.56. The van der Waals surface area contributed by atoms with Gasteiger partial charge in [-0.05, 0) is 12.2 Å². The van der Waals surface area contributed by atoms with Crippen molar-refractivity contribution in [1.82, 2.24) is 0 Å². The van der Waals surface area contributed by atoms with Gasteiger partial charge in [-0.3, -0.25) is 4.79 Å². The van der Waals surface area contributed by atoms with Gasteiger partial charge in [0.2, 0.25) is 10.3 Å². The predicted molar refractivity (Wildman–Crippen MR) is 52.1 cm³/mol. The Balaban J connectivity index is 2.64. The Bertz CT molecular complexity index is 553. The number of allylic oxidation sites excluding steroid dienone is 4. The number of hydrogen-bond acceptors (Lipinski definition) is 5. The number of aldehydes is 1. The minimum atomic E-state index is -2.36. The van der Waals surface area contributed by atoms with Crippen LogP contribution in [0.2, 0.25) is 0 Å². The molecule has 70 valence electrons. The van der Waals surface area contributed by atoms with Gasteiger partial charge >= 0.3 is 0 Å². The third kappa shape index (κ3) is 1.25. The molecule has 0 fully saturated rings. The van der Waals surface area contributed by atoms with E-state index in [2.05, 4.69) is 9.98 Å². The van der Waals surface area contributed by atoms with Crippen molar-refractivity contribution >= 4 is 33.0 Å². The van der Waals surface area contributed by atoms with Gasteiger partial charge in [0.1, 0.15) is 10.6 Å². The van der Waals surface area contributed by atoms with E-state index in [1.165, 1.54) is 6.08 Å². The molecule has 0 aromatic carbocycles. The van der Waals surface area contributed by atoms with Gasteiger partial charge < -0.3 is 0 Å². The Hall–Kier alpha value is -1.82. The first kappa shape index (κ1) is 8.76. The quantitative estimate of drug-likeness (QED) is 0.432. The summed E-state index contributed by atoms with van der Waals surface area (Å²) in [5.41, 5.74) is 0.650. The lowest BCUT2D eigenvalue weighted by atomic mass is 10.1. The van der Waals surface area contributed by atoms with Crippen molar-refractivity contribution in [2.75, 3.05) is 0 Å². The second-order valence-corrected chi connectivity index (χ2v) is 3.47. The standard InChI is InChI=1S/C8H4N2O3S/c11-4-7-9-5-2-1-3-6(14(12)13)8(5)10-7/h1-4H. The van der Waals surface area contributed by atoms with Crippen molar-refractivity contribution in [1.29, 1.82) is 0 Å². The number of carbonyl (C=O) groups is 1. The molecule has 0 bridgehead atoms. The lowest BCUT2D eigenvalue weighted by Gasteiger charge is -2.01. The van der Waals surface area contributed by atoms with E-state index in [1.807, 2.05) is 0 Å². The number of hydrogen-bond donors (Lipinski definition) is 0. The van der Waals surface area contributed by atoms with Crippen molar-refractivity contribution in [2.24, 2.45) is 9.98 Å². The third-order valence-corrected chi connectivity index (χ3v) is 2.41. The lowest BCUT2D eigenvalue weighted by molar-refractivity contribution is -0.102. The first-order valence-electron chi connectivity index (χ1n) is 3.70. The first-order valence-corrected chi connectivity index (χ1v) is 4.78. The first-order chi connectivity index (χ1) is 6.72. The molecule has 0 N–H and O–H groups in total. The van der Waals surface area contributed by atoms with E-state index < -0.39 is 10.3 Å². The van der Waals surface area contributed by atoms with Gasteiger partial charge in [0.05, 0.1) is 5.70 Å². The Morgan fingerprint density at radius 3 is 2.71 bits per heavy atom. The van der Waals surface area contributed by atoms with E-state index in [-0.39, 0.29) is 16.4 Å². The van der Waals surface area contributed by atoms with Crippen molar-refractivity contribution in [2.45, 2.75) is 0 Å². The van der Waals surface area contributed by atoms with Crippen molar-refractivity contribution < 1.29 is 13.2 Å². The fourth-order valence-electron chi connectivity index (χ4n) is 1.16. The van der Waals surface area contributed by atoms with Gasteiger partial charge in [-0.2, -0.15) is 8.42 Å². The molecule has 0 aromatic heterocycles. The summed E-state index contributed by atoms with van der Waals surface area (Å²) in [6, 6.07) is 0. The van der Waals surface area contributed by atoms with Gasteiger partial charge in [-0.25, -0.2) is 9.98 Å². The molecule has 0 amide bonds. The minimum absolute atomic E-state index is 0.00194. The largest absolute Gasteiger partial charge is 0.294 e. The molecule has 0 atom stereocenters. The highest BCUT2D eigenvalue weighted by Crippen LogP contribution is 2.14. The minimum Gasteiger partial charge on any atom is -0.294 e. The average Bonchev–Trinajstić information content (AvgIpc) is 2.59. The third-order valence-electron chi connectivity index (χ3n) is 1.72. The maximum absolute atomic E-state index is 10.8. The molecular formula is C8H4N2O3S. The van der Waals surface area contributed by atoms with Gasteiger partial charge in [0, 0.05) is 0 Å². The van der Waals surface area contributed by atoms with Gasteiger partial charge in [0.25, 0.3) is 0 Å². The molecule has 0 saturated carbocycles. The monoisotopic (exact) mass is 208 g/mol. The van der Waals surface area contributed by atoms with Crippen LogP contribution in [-0.2, 0) is 15.1 Å². The molecule has 0 saturated heterocycles. The van der Waals surface area contributed by atoms with Crippen molar-refractivity contribution in [3.63, 3.8) is 0 Å². The zero-order valence-electron chi connectivity index (χ0n) is 6.84. The molecule has 2 rings (SSSR count). The zero-order chi connectivity index (χ0) is 10.1. The van der Waals surface area contributed by atoms with Crippen LogP contribution in [0.4, 0.5) is 0 Å². The molecule has 0 radical (unpaired) electrons. The van der Waals surface area contributed by atoms with Crippen molar-refractivity contribution in [3.05, 3.63) is 23.9 Å². The molecule has 1 aliphatic heterocycles. The number of amidine groups is 1. The summed E-state index contributed by atoms with van der Waals surface area (Å²) in [7, 11) is -2.36. The van der Waals surface area contributed by atoms with Gasteiger partial charge in [0.15, 0.2) is 12.1 Å². The second kappa shape index (κ2) is 3.15. The number of rotatable bonds is 1. The maximum Gasteiger partial charge on any atom is 0.223 e. The van der Waals surface area contributed by atoms with Crippen LogP contribution < -0.4 is 0 Å². The van der Waals surface area contributed by atoms with E-state index in [4.69, 9.17) is 0 Å². The number of fused-ring (bicyclic) bond motifs is 1.